The highest BCUT2D eigenvalue weighted by molar-refractivity contribution is 7.84. The number of methoxy groups -OCH3 is 1. The second-order valence-corrected chi connectivity index (χ2v) is 9.61. The minimum absolute atomic E-state index is 0.0606. The van der Waals surface area contributed by atoms with Crippen molar-refractivity contribution in [3.63, 3.8) is 0 Å². The van der Waals surface area contributed by atoms with E-state index in [9.17, 15) is 8.60 Å². The highest BCUT2D eigenvalue weighted by Crippen LogP contribution is 2.39. The molecule has 0 N–H and O–H groups in total. The van der Waals surface area contributed by atoms with Gasteiger partial charge in [0.15, 0.2) is 0 Å². The average molecular weight is 493 g/mol. The van der Waals surface area contributed by atoms with Gasteiger partial charge in [0.25, 0.3) is 0 Å². The Bertz CT molecular complexity index is 1360. The molecule has 0 amide bonds. The summed E-state index contributed by atoms with van der Waals surface area (Å²) in [6.45, 7) is 0.986. The fourth-order valence-corrected chi connectivity index (χ4v) is 4.77. The topological polar surface area (TPSA) is 79.1 Å². The first kappa shape index (κ1) is 23.3. The molecule has 0 spiro atoms. The molecule has 5 rings (SSSR count). The van der Waals surface area contributed by atoms with Crippen LogP contribution in [0.3, 0.4) is 0 Å². The van der Waals surface area contributed by atoms with E-state index in [1.165, 1.54) is 12.1 Å². The summed E-state index contributed by atoms with van der Waals surface area (Å²) < 4.78 is 39.2. The third kappa shape index (κ3) is 4.87. The molecule has 9 heteroatoms. The molecule has 0 fully saturated rings. The first-order valence-corrected chi connectivity index (χ1v) is 12.8. The van der Waals surface area contributed by atoms with Gasteiger partial charge in [-0.25, -0.2) is 19.3 Å². The number of benzene rings is 2. The molecule has 2 atom stereocenters. The Morgan fingerprint density at radius 2 is 1.86 bits per heavy atom. The van der Waals surface area contributed by atoms with Crippen LogP contribution in [0.5, 0.6) is 5.75 Å². The summed E-state index contributed by atoms with van der Waals surface area (Å²) in [7, 11) is 0.318. The van der Waals surface area contributed by atoms with Crippen molar-refractivity contribution in [1.29, 1.82) is 0 Å². The van der Waals surface area contributed by atoms with E-state index in [2.05, 4.69) is 14.5 Å². The maximum atomic E-state index is 13.6. The molecule has 2 aromatic carbocycles. The van der Waals surface area contributed by atoms with Crippen molar-refractivity contribution in [3.8, 4) is 28.4 Å². The van der Waals surface area contributed by atoms with Crippen molar-refractivity contribution >= 4 is 10.8 Å². The van der Waals surface area contributed by atoms with Gasteiger partial charge in [0.1, 0.15) is 17.4 Å². The zero-order valence-corrected chi connectivity index (χ0v) is 20.3. The molecule has 0 bridgehead atoms. The lowest BCUT2D eigenvalue weighted by Crippen LogP contribution is -2.13. The lowest BCUT2D eigenvalue weighted by molar-refractivity contribution is 0.0924. The minimum atomic E-state index is -1.33. The highest BCUT2D eigenvalue weighted by atomic mass is 32.2. The van der Waals surface area contributed by atoms with Crippen LogP contribution in [-0.2, 0) is 28.6 Å². The van der Waals surface area contributed by atoms with Gasteiger partial charge >= 0.3 is 0 Å². The van der Waals surface area contributed by atoms with Gasteiger partial charge < -0.3 is 14.0 Å². The second kappa shape index (κ2) is 10.1. The number of hydrogen-bond donors (Lipinski definition) is 0. The smallest absolute Gasteiger partial charge is 0.218 e. The molecule has 0 aliphatic carbocycles. The Morgan fingerprint density at radius 1 is 1.09 bits per heavy atom. The number of aromatic nitrogens is 4. The lowest BCUT2D eigenvalue weighted by Gasteiger charge is -2.18. The fourth-order valence-electron chi connectivity index (χ4n) is 4.33. The van der Waals surface area contributed by atoms with E-state index in [1.54, 1.807) is 37.8 Å². The van der Waals surface area contributed by atoms with Crippen molar-refractivity contribution < 1.29 is 18.1 Å². The van der Waals surface area contributed by atoms with E-state index < -0.39 is 10.8 Å². The SMILES string of the molecule is COc1ccc(COCC2CCc3nc(-c4ccc(F)cc4)c(-c4ccnc(S(C)=O)n4)n32)cc1. The average Bonchev–Trinajstić information content (AvgIpc) is 3.45. The van der Waals surface area contributed by atoms with Crippen LogP contribution in [0.25, 0.3) is 22.6 Å². The normalized spacial score (nSPS) is 15.7. The van der Waals surface area contributed by atoms with Gasteiger partial charge in [-0.3, -0.25) is 4.21 Å². The first-order chi connectivity index (χ1) is 17.0. The highest BCUT2D eigenvalue weighted by Gasteiger charge is 2.31. The Morgan fingerprint density at radius 3 is 2.57 bits per heavy atom. The number of halogens is 1. The van der Waals surface area contributed by atoms with Gasteiger partial charge in [0, 0.05) is 24.4 Å². The van der Waals surface area contributed by atoms with Crippen molar-refractivity contribution in [2.24, 2.45) is 0 Å². The second-order valence-electron chi connectivity index (χ2n) is 8.34. The van der Waals surface area contributed by atoms with Crippen LogP contribution in [-0.4, -0.2) is 43.7 Å². The van der Waals surface area contributed by atoms with Gasteiger partial charge in [0.05, 0.1) is 54.2 Å². The van der Waals surface area contributed by atoms with E-state index in [1.807, 2.05) is 24.3 Å². The Labute approximate surface area is 205 Å². The van der Waals surface area contributed by atoms with Crippen molar-refractivity contribution in [3.05, 3.63) is 78.0 Å². The third-order valence-corrected chi connectivity index (χ3v) is 6.75. The van der Waals surface area contributed by atoms with Gasteiger partial charge in [-0.15, -0.1) is 0 Å². The molecule has 7 nitrogen and oxygen atoms in total. The summed E-state index contributed by atoms with van der Waals surface area (Å²) in [5, 5.41) is 0.258. The quantitative estimate of drug-likeness (QED) is 0.335. The summed E-state index contributed by atoms with van der Waals surface area (Å²) in [5.41, 5.74) is 4.00. The van der Waals surface area contributed by atoms with Crippen molar-refractivity contribution in [1.82, 2.24) is 19.5 Å². The predicted octanol–water partition coefficient (Wildman–Crippen LogP) is 4.60. The Hall–Kier alpha value is -3.43. The van der Waals surface area contributed by atoms with E-state index in [4.69, 9.17) is 14.5 Å². The molecule has 180 valence electrons. The van der Waals surface area contributed by atoms with Gasteiger partial charge in [0.2, 0.25) is 5.16 Å². The molecule has 1 aliphatic rings. The van der Waals surface area contributed by atoms with Gasteiger partial charge in [-0.1, -0.05) is 12.1 Å². The predicted molar refractivity (Wildman–Crippen MR) is 131 cm³/mol. The van der Waals surface area contributed by atoms with Crippen LogP contribution in [0.2, 0.25) is 0 Å². The molecule has 3 heterocycles. The Kier molecular flexibility index (Phi) is 6.70. The summed E-state index contributed by atoms with van der Waals surface area (Å²) in [5.74, 6) is 1.43. The third-order valence-electron chi connectivity index (χ3n) is 6.04. The maximum absolute atomic E-state index is 13.6. The minimum Gasteiger partial charge on any atom is -0.497 e. The standard InChI is InChI=1S/C26H25FN4O3S/c1-33-21-10-3-17(4-11-21)15-34-16-20-9-12-23-30-24(18-5-7-19(27)8-6-18)25(31(20)23)22-13-14-28-26(29-22)35(2)32/h3-8,10-11,13-14,20H,9,12,15-16H2,1-2H3. The van der Waals surface area contributed by atoms with Crippen LogP contribution in [0.4, 0.5) is 4.39 Å². The number of aryl methyl sites for hydroxylation is 1. The molecular formula is C26H25FN4O3S. The number of rotatable bonds is 8. The van der Waals surface area contributed by atoms with Crippen LogP contribution in [0, 0.1) is 5.82 Å². The molecule has 1 aliphatic heterocycles. The summed E-state index contributed by atoms with van der Waals surface area (Å²) in [6, 6.07) is 15.9. The van der Waals surface area contributed by atoms with Crippen LogP contribution >= 0.6 is 0 Å². The molecular weight excluding hydrogens is 467 g/mol. The molecule has 2 aromatic heterocycles. The number of nitrogens with zero attached hydrogens (tertiary/aromatic N) is 4. The number of fused-ring (bicyclic) bond motifs is 1. The summed E-state index contributed by atoms with van der Waals surface area (Å²) >= 11 is 0. The van der Waals surface area contributed by atoms with Crippen LogP contribution in [0.15, 0.2) is 66.0 Å². The molecule has 0 saturated carbocycles. The Balaban J connectivity index is 1.48. The number of hydrogen-bond acceptors (Lipinski definition) is 6. The summed E-state index contributed by atoms with van der Waals surface area (Å²) in [6.07, 6.45) is 4.84. The van der Waals surface area contributed by atoms with Crippen molar-refractivity contribution in [2.75, 3.05) is 20.0 Å². The van der Waals surface area contributed by atoms with Crippen LogP contribution < -0.4 is 4.74 Å². The van der Waals surface area contributed by atoms with E-state index >= 15 is 0 Å². The zero-order valence-electron chi connectivity index (χ0n) is 19.5. The van der Waals surface area contributed by atoms with Gasteiger partial charge in [-0.05, 0) is 54.4 Å². The van der Waals surface area contributed by atoms with E-state index in [-0.39, 0.29) is 17.0 Å². The summed E-state index contributed by atoms with van der Waals surface area (Å²) in [4.78, 5) is 13.6. The largest absolute Gasteiger partial charge is 0.497 e. The van der Waals surface area contributed by atoms with Crippen molar-refractivity contribution in [2.45, 2.75) is 30.6 Å². The molecule has 4 aromatic rings. The number of imidazole rings is 1. The molecule has 0 radical (unpaired) electrons. The zero-order chi connectivity index (χ0) is 24.4. The molecule has 2 unspecified atom stereocenters. The van der Waals surface area contributed by atoms with Crippen LogP contribution in [0.1, 0.15) is 23.9 Å². The number of ether oxygens (including phenoxy) is 2. The fraction of sp³-hybridized carbons (Fsp3) is 0.269. The van der Waals surface area contributed by atoms with Gasteiger partial charge in [-0.2, -0.15) is 0 Å². The molecule has 35 heavy (non-hydrogen) atoms. The first-order valence-electron chi connectivity index (χ1n) is 11.3. The maximum Gasteiger partial charge on any atom is 0.218 e. The monoisotopic (exact) mass is 492 g/mol. The lowest BCUT2D eigenvalue weighted by atomic mass is 10.1. The van der Waals surface area contributed by atoms with E-state index in [0.717, 1.165) is 41.2 Å². The molecule has 0 saturated heterocycles. The van der Waals surface area contributed by atoms with E-state index in [0.29, 0.717) is 24.6 Å².